The summed E-state index contributed by atoms with van der Waals surface area (Å²) in [5, 5.41) is 6.33. The Labute approximate surface area is 163 Å². The van der Waals surface area contributed by atoms with Gasteiger partial charge in [0.1, 0.15) is 0 Å². The van der Waals surface area contributed by atoms with E-state index in [1.165, 1.54) is 37.8 Å². The molecule has 3 nitrogen and oxygen atoms in total. The van der Waals surface area contributed by atoms with E-state index in [1.54, 1.807) is 6.92 Å². The van der Waals surface area contributed by atoms with Crippen LogP contribution in [0.1, 0.15) is 104 Å². The molecule has 0 radical (unpaired) electrons. The van der Waals surface area contributed by atoms with Crippen molar-refractivity contribution in [1.29, 1.82) is 0 Å². The number of halogens is 2. The van der Waals surface area contributed by atoms with E-state index in [9.17, 15) is 4.79 Å². The molecule has 0 fully saturated rings. The van der Waals surface area contributed by atoms with Gasteiger partial charge in [-0.15, -0.1) is 0 Å². The largest absolute Gasteiger partial charge is 0.268 e. The molecule has 0 aliphatic rings. The first-order valence-electron chi connectivity index (χ1n) is 10.7. The summed E-state index contributed by atoms with van der Waals surface area (Å²) in [6.07, 6.45) is 9.29. The van der Waals surface area contributed by atoms with Crippen molar-refractivity contribution in [3.05, 3.63) is 28.2 Å². The molecule has 156 valence electrons. The summed E-state index contributed by atoms with van der Waals surface area (Å²) in [7, 11) is 0. The van der Waals surface area contributed by atoms with Crippen molar-refractivity contribution in [2.24, 2.45) is 5.92 Å². The van der Waals surface area contributed by atoms with Gasteiger partial charge in [-0.2, -0.15) is 5.10 Å². The van der Waals surface area contributed by atoms with E-state index in [2.05, 4.69) is 17.1 Å². The van der Waals surface area contributed by atoms with Gasteiger partial charge in [-0.05, 0) is 31.7 Å². The molecule has 0 bridgehead atoms. The first-order valence-corrected chi connectivity index (χ1v) is 10.7. The van der Waals surface area contributed by atoms with Gasteiger partial charge in [-0.25, -0.2) is 13.9 Å². The first-order chi connectivity index (χ1) is 12.8. The SMILES string of the molecule is CCCCCCCCCC(C)(c1ccc(=O)[nH]n1)C(F)(F)CCC(C)CC. The summed E-state index contributed by atoms with van der Waals surface area (Å²) in [5.41, 5.74) is -1.42. The normalized spacial score (nSPS) is 15.5. The van der Waals surface area contributed by atoms with Crippen molar-refractivity contribution in [2.45, 2.75) is 110 Å². The highest BCUT2D eigenvalue weighted by Crippen LogP contribution is 2.46. The molecule has 1 aromatic rings. The van der Waals surface area contributed by atoms with Crippen molar-refractivity contribution in [3.63, 3.8) is 0 Å². The molecule has 0 saturated carbocycles. The van der Waals surface area contributed by atoms with Crippen molar-refractivity contribution in [1.82, 2.24) is 10.2 Å². The number of alkyl halides is 2. The summed E-state index contributed by atoms with van der Waals surface area (Å²) in [5.74, 6) is -2.58. The molecule has 0 amide bonds. The quantitative estimate of drug-likeness (QED) is 0.366. The summed E-state index contributed by atoms with van der Waals surface area (Å²) < 4.78 is 30.6. The third-order valence-electron chi connectivity index (χ3n) is 5.98. The van der Waals surface area contributed by atoms with E-state index < -0.39 is 11.3 Å². The number of hydrogen-bond acceptors (Lipinski definition) is 2. The molecule has 1 rings (SSSR count). The van der Waals surface area contributed by atoms with Crippen molar-refractivity contribution in [2.75, 3.05) is 0 Å². The first kappa shape index (κ1) is 23.8. The monoisotopic (exact) mass is 384 g/mol. The average molecular weight is 385 g/mol. The maximum atomic E-state index is 15.3. The van der Waals surface area contributed by atoms with Crippen LogP contribution in [0.4, 0.5) is 8.78 Å². The predicted molar refractivity (Wildman–Crippen MR) is 108 cm³/mol. The topological polar surface area (TPSA) is 45.8 Å². The third kappa shape index (κ3) is 7.34. The van der Waals surface area contributed by atoms with Gasteiger partial charge >= 0.3 is 0 Å². The van der Waals surface area contributed by atoms with Gasteiger partial charge in [0.2, 0.25) is 0 Å². The Kier molecular flexibility index (Phi) is 10.2. The van der Waals surface area contributed by atoms with E-state index in [4.69, 9.17) is 0 Å². The van der Waals surface area contributed by atoms with Crippen LogP contribution in [0.2, 0.25) is 0 Å². The van der Waals surface area contributed by atoms with Gasteiger partial charge in [-0.3, -0.25) is 4.79 Å². The number of nitrogens with zero attached hydrogens (tertiary/aromatic N) is 1. The number of nitrogens with one attached hydrogen (secondary N) is 1. The Hall–Kier alpha value is -1.26. The van der Waals surface area contributed by atoms with Crippen LogP contribution in [-0.4, -0.2) is 16.1 Å². The molecular formula is C22H38F2N2O. The highest BCUT2D eigenvalue weighted by atomic mass is 19.3. The highest BCUT2D eigenvalue weighted by molar-refractivity contribution is 5.18. The lowest BCUT2D eigenvalue weighted by molar-refractivity contribution is -0.0890. The number of H-pyrrole nitrogens is 1. The highest BCUT2D eigenvalue weighted by Gasteiger charge is 2.51. The molecule has 0 spiro atoms. The van der Waals surface area contributed by atoms with Crippen LogP contribution >= 0.6 is 0 Å². The number of rotatable bonds is 14. The van der Waals surface area contributed by atoms with Gasteiger partial charge in [0, 0.05) is 12.5 Å². The number of aromatic amines is 1. The van der Waals surface area contributed by atoms with Crippen LogP contribution in [0.15, 0.2) is 16.9 Å². The second-order valence-corrected chi connectivity index (χ2v) is 8.27. The van der Waals surface area contributed by atoms with Crippen LogP contribution in [0.25, 0.3) is 0 Å². The molecule has 1 heterocycles. The zero-order valence-electron chi connectivity index (χ0n) is 17.6. The number of unbranched alkanes of at least 4 members (excludes halogenated alkanes) is 6. The lowest BCUT2D eigenvalue weighted by atomic mass is 9.73. The van der Waals surface area contributed by atoms with E-state index >= 15 is 8.78 Å². The fraction of sp³-hybridized carbons (Fsp3) is 0.818. The minimum Gasteiger partial charge on any atom is -0.268 e. The van der Waals surface area contributed by atoms with Crippen molar-refractivity contribution >= 4 is 0 Å². The Morgan fingerprint density at radius 2 is 1.67 bits per heavy atom. The van der Waals surface area contributed by atoms with E-state index in [0.29, 0.717) is 18.5 Å². The van der Waals surface area contributed by atoms with E-state index in [1.807, 2.05) is 13.8 Å². The van der Waals surface area contributed by atoms with Gasteiger partial charge in [0.25, 0.3) is 11.5 Å². The molecule has 0 aliphatic carbocycles. The summed E-state index contributed by atoms with van der Waals surface area (Å²) >= 11 is 0. The second-order valence-electron chi connectivity index (χ2n) is 8.27. The zero-order chi connectivity index (χ0) is 20.3. The van der Waals surface area contributed by atoms with Crippen LogP contribution in [0, 0.1) is 5.92 Å². The van der Waals surface area contributed by atoms with Crippen molar-refractivity contribution in [3.8, 4) is 0 Å². The average Bonchev–Trinajstić information content (AvgIpc) is 2.65. The van der Waals surface area contributed by atoms with Crippen molar-refractivity contribution < 1.29 is 8.78 Å². The molecule has 27 heavy (non-hydrogen) atoms. The maximum absolute atomic E-state index is 15.3. The fourth-order valence-corrected chi connectivity index (χ4v) is 3.49. The molecular weight excluding hydrogens is 346 g/mol. The Morgan fingerprint density at radius 1 is 1.04 bits per heavy atom. The Bertz CT molecular complexity index is 567. The van der Waals surface area contributed by atoms with Gasteiger partial charge in [0.15, 0.2) is 0 Å². The molecule has 1 aromatic heterocycles. The molecule has 0 saturated heterocycles. The van der Waals surface area contributed by atoms with Gasteiger partial charge < -0.3 is 0 Å². The predicted octanol–water partition coefficient (Wildman–Crippen LogP) is 6.63. The minimum absolute atomic E-state index is 0.143. The van der Waals surface area contributed by atoms with Gasteiger partial charge in [-0.1, -0.05) is 72.1 Å². The van der Waals surface area contributed by atoms with Crippen LogP contribution in [0.5, 0.6) is 0 Å². The standard InChI is InChI=1S/C22H38F2N2O/c1-5-7-8-9-10-11-12-16-21(4,19-13-14-20(27)26-25-19)22(23,24)17-15-18(3)6-2/h13-14,18H,5-12,15-17H2,1-4H3,(H,26,27). The summed E-state index contributed by atoms with van der Waals surface area (Å²) in [6.45, 7) is 7.84. The molecule has 0 aliphatic heterocycles. The number of aromatic nitrogens is 2. The minimum atomic E-state index is -2.86. The lowest BCUT2D eigenvalue weighted by Crippen LogP contribution is -2.44. The van der Waals surface area contributed by atoms with Crippen LogP contribution < -0.4 is 5.56 Å². The number of hydrogen-bond donors (Lipinski definition) is 1. The van der Waals surface area contributed by atoms with E-state index in [-0.39, 0.29) is 17.9 Å². The molecule has 5 heteroatoms. The lowest BCUT2D eigenvalue weighted by Gasteiger charge is -2.37. The van der Waals surface area contributed by atoms with Gasteiger partial charge in [0.05, 0.1) is 11.1 Å². The van der Waals surface area contributed by atoms with E-state index in [0.717, 1.165) is 25.7 Å². The summed E-state index contributed by atoms with van der Waals surface area (Å²) in [4.78, 5) is 11.3. The smallest absolute Gasteiger partial charge is 0.264 e. The second kappa shape index (κ2) is 11.6. The molecule has 1 N–H and O–H groups in total. The third-order valence-corrected chi connectivity index (χ3v) is 5.98. The maximum Gasteiger partial charge on any atom is 0.264 e. The Morgan fingerprint density at radius 3 is 2.22 bits per heavy atom. The molecule has 2 unspecified atom stereocenters. The molecule has 0 aromatic carbocycles. The molecule has 2 atom stereocenters. The fourth-order valence-electron chi connectivity index (χ4n) is 3.49. The Balaban J connectivity index is 2.82. The van der Waals surface area contributed by atoms with Crippen LogP contribution in [-0.2, 0) is 5.41 Å². The van der Waals surface area contributed by atoms with Crippen LogP contribution in [0.3, 0.4) is 0 Å². The summed E-state index contributed by atoms with van der Waals surface area (Å²) in [6, 6.07) is 2.77. The zero-order valence-corrected chi connectivity index (χ0v) is 17.6.